The highest BCUT2D eigenvalue weighted by atomic mass is 16.4. The first-order valence-electron chi connectivity index (χ1n) is 4.61. The molecule has 0 spiro atoms. The van der Waals surface area contributed by atoms with E-state index in [4.69, 9.17) is 5.11 Å². The van der Waals surface area contributed by atoms with Crippen LogP contribution in [0.5, 0.6) is 0 Å². The minimum Gasteiger partial charge on any atom is -0.464 e. The smallest absolute Gasteiger partial charge is 0.424 e. The fraction of sp³-hybridized carbons (Fsp3) is 0.222. The minimum atomic E-state index is -1.13. The molecule has 0 saturated carbocycles. The molecule has 0 saturated heterocycles. The van der Waals surface area contributed by atoms with Crippen LogP contribution in [0.2, 0.25) is 0 Å². The van der Waals surface area contributed by atoms with Gasteiger partial charge in [-0.2, -0.15) is 5.10 Å². The number of carboxylic acid groups (broad SMARTS) is 1. The molecule has 2 heterocycles. The van der Waals surface area contributed by atoms with Gasteiger partial charge in [0.15, 0.2) is 0 Å². The number of aryl methyl sites for hydroxylation is 2. The molecule has 84 valence electrons. The van der Waals surface area contributed by atoms with Gasteiger partial charge in [-0.05, 0) is 6.92 Å². The van der Waals surface area contributed by atoms with Gasteiger partial charge in [-0.25, -0.2) is 19.9 Å². The van der Waals surface area contributed by atoms with Crippen LogP contribution in [0.1, 0.15) is 5.82 Å². The molecule has 2 rings (SSSR count). The number of aromatic nitrogens is 4. The Morgan fingerprint density at radius 2 is 2.25 bits per heavy atom. The monoisotopic (exact) mass is 221 g/mol. The molecule has 0 aliphatic heterocycles. The summed E-state index contributed by atoms with van der Waals surface area (Å²) in [5, 5.41) is 12.6. The summed E-state index contributed by atoms with van der Waals surface area (Å²) in [7, 11) is 1.81. The van der Waals surface area contributed by atoms with Gasteiger partial charge in [0.25, 0.3) is 0 Å². The Kier molecular flexibility index (Phi) is 2.35. The molecule has 7 nitrogen and oxygen atoms in total. The molecule has 0 aliphatic carbocycles. The third kappa shape index (κ3) is 1.88. The van der Waals surface area contributed by atoms with Crippen molar-refractivity contribution in [2.75, 3.05) is 5.43 Å². The first-order chi connectivity index (χ1) is 7.56. The van der Waals surface area contributed by atoms with Gasteiger partial charge in [-0.15, -0.1) is 0 Å². The molecule has 2 N–H and O–H groups in total. The zero-order valence-electron chi connectivity index (χ0n) is 8.88. The van der Waals surface area contributed by atoms with E-state index < -0.39 is 6.09 Å². The number of nitrogens with zero attached hydrogens (tertiary/aromatic N) is 4. The SMILES string of the molecule is Cc1nc(-c2cnn(C)c2)cn1NC(=O)O. The summed E-state index contributed by atoms with van der Waals surface area (Å²) in [6, 6.07) is 0. The van der Waals surface area contributed by atoms with Crippen LogP contribution in [0.15, 0.2) is 18.6 Å². The van der Waals surface area contributed by atoms with Crippen molar-refractivity contribution in [1.29, 1.82) is 0 Å². The molecule has 0 radical (unpaired) electrons. The van der Waals surface area contributed by atoms with Crippen molar-refractivity contribution < 1.29 is 9.90 Å². The van der Waals surface area contributed by atoms with E-state index >= 15 is 0 Å². The summed E-state index contributed by atoms with van der Waals surface area (Å²) in [5.74, 6) is 0.571. The Bertz CT molecular complexity index is 528. The van der Waals surface area contributed by atoms with E-state index in [0.717, 1.165) is 5.56 Å². The van der Waals surface area contributed by atoms with E-state index in [1.54, 1.807) is 24.0 Å². The summed E-state index contributed by atoms with van der Waals surface area (Å²) in [4.78, 5) is 14.7. The van der Waals surface area contributed by atoms with Gasteiger partial charge >= 0.3 is 6.09 Å². The highest BCUT2D eigenvalue weighted by Gasteiger charge is 2.09. The molecular formula is C9H11N5O2. The predicted octanol–water partition coefficient (Wildman–Crippen LogP) is 0.814. The third-order valence-corrected chi connectivity index (χ3v) is 2.10. The van der Waals surface area contributed by atoms with Crippen LogP contribution in [-0.2, 0) is 7.05 Å². The molecule has 0 aromatic carbocycles. The van der Waals surface area contributed by atoms with Crippen molar-refractivity contribution in [3.63, 3.8) is 0 Å². The van der Waals surface area contributed by atoms with E-state index in [0.29, 0.717) is 11.5 Å². The van der Waals surface area contributed by atoms with Gasteiger partial charge in [0, 0.05) is 18.8 Å². The summed E-state index contributed by atoms with van der Waals surface area (Å²) in [5.41, 5.74) is 3.74. The Balaban J connectivity index is 2.33. The topological polar surface area (TPSA) is 85.0 Å². The molecule has 7 heteroatoms. The summed E-state index contributed by atoms with van der Waals surface area (Å²) in [6.45, 7) is 1.72. The van der Waals surface area contributed by atoms with Crippen molar-refractivity contribution in [2.24, 2.45) is 7.05 Å². The third-order valence-electron chi connectivity index (χ3n) is 2.10. The molecule has 0 aliphatic rings. The van der Waals surface area contributed by atoms with Gasteiger partial charge in [-0.1, -0.05) is 0 Å². The lowest BCUT2D eigenvalue weighted by atomic mass is 10.3. The van der Waals surface area contributed by atoms with Gasteiger partial charge in [0.05, 0.1) is 18.1 Å². The average Bonchev–Trinajstić information content (AvgIpc) is 2.74. The van der Waals surface area contributed by atoms with E-state index in [2.05, 4.69) is 15.5 Å². The van der Waals surface area contributed by atoms with Crippen LogP contribution < -0.4 is 5.43 Å². The zero-order valence-corrected chi connectivity index (χ0v) is 8.88. The van der Waals surface area contributed by atoms with Crippen molar-refractivity contribution in [3.8, 4) is 11.3 Å². The maximum atomic E-state index is 10.5. The molecule has 0 fully saturated rings. The van der Waals surface area contributed by atoms with E-state index in [-0.39, 0.29) is 0 Å². The lowest BCUT2D eigenvalue weighted by Gasteiger charge is -2.01. The summed E-state index contributed by atoms with van der Waals surface area (Å²) < 4.78 is 3.01. The van der Waals surface area contributed by atoms with Crippen LogP contribution >= 0.6 is 0 Å². The maximum absolute atomic E-state index is 10.5. The zero-order chi connectivity index (χ0) is 11.7. The molecular weight excluding hydrogens is 210 g/mol. The first-order valence-corrected chi connectivity index (χ1v) is 4.61. The van der Waals surface area contributed by atoms with Crippen molar-refractivity contribution in [2.45, 2.75) is 6.92 Å². The number of hydrogen-bond acceptors (Lipinski definition) is 3. The van der Waals surface area contributed by atoms with Crippen LogP contribution in [0.4, 0.5) is 4.79 Å². The highest BCUT2D eigenvalue weighted by Crippen LogP contribution is 2.16. The number of imidazole rings is 1. The molecule has 2 aromatic heterocycles. The molecule has 0 atom stereocenters. The lowest BCUT2D eigenvalue weighted by molar-refractivity contribution is 0.206. The molecule has 16 heavy (non-hydrogen) atoms. The van der Waals surface area contributed by atoms with E-state index in [9.17, 15) is 4.79 Å². The summed E-state index contributed by atoms with van der Waals surface area (Å²) >= 11 is 0. The molecule has 2 aromatic rings. The van der Waals surface area contributed by atoms with Crippen LogP contribution in [-0.4, -0.2) is 30.6 Å². The lowest BCUT2D eigenvalue weighted by Crippen LogP contribution is -2.20. The van der Waals surface area contributed by atoms with Gasteiger partial charge in [0.2, 0.25) is 0 Å². The second kappa shape index (κ2) is 3.69. The van der Waals surface area contributed by atoms with E-state index in [1.807, 2.05) is 13.2 Å². The summed E-state index contributed by atoms with van der Waals surface area (Å²) in [6.07, 6.45) is 3.97. The maximum Gasteiger partial charge on any atom is 0.424 e. The standard InChI is InChI=1S/C9H11N5O2/c1-6-11-8(5-14(6)12-9(15)16)7-3-10-13(2)4-7/h3-5,12H,1-2H3,(H,15,16). The molecule has 0 bridgehead atoms. The highest BCUT2D eigenvalue weighted by molar-refractivity contribution is 5.73. The largest absolute Gasteiger partial charge is 0.464 e. The first kappa shape index (κ1) is 10.2. The normalized spacial score (nSPS) is 10.4. The molecule has 0 unspecified atom stereocenters. The Morgan fingerprint density at radius 3 is 2.81 bits per heavy atom. The van der Waals surface area contributed by atoms with Crippen LogP contribution in [0, 0.1) is 6.92 Å². The quantitative estimate of drug-likeness (QED) is 0.786. The van der Waals surface area contributed by atoms with Gasteiger partial charge < -0.3 is 5.11 Å². The van der Waals surface area contributed by atoms with Crippen molar-refractivity contribution in [3.05, 3.63) is 24.4 Å². The van der Waals surface area contributed by atoms with Crippen LogP contribution in [0.25, 0.3) is 11.3 Å². The number of rotatable bonds is 2. The Labute approximate surface area is 91.3 Å². The fourth-order valence-electron chi connectivity index (χ4n) is 1.38. The minimum absolute atomic E-state index is 0.571. The number of nitrogens with one attached hydrogen (secondary N) is 1. The fourth-order valence-corrected chi connectivity index (χ4v) is 1.38. The number of hydrogen-bond donors (Lipinski definition) is 2. The van der Waals surface area contributed by atoms with E-state index in [1.165, 1.54) is 4.68 Å². The van der Waals surface area contributed by atoms with Crippen LogP contribution in [0.3, 0.4) is 0 Å². The number of amides is 1. The number of carbonyl (C=O) groups is 1. The van der Waals surface area contributed by atoms with Gasteiger partial charge in [0.1, 0.15) is 5.82 Å². The Hall–Kier alpha value is -2.31. The molecule has 1 amide bonds. The van der Waals surface area contributed by atoms with Crippen molar-refractivity contribution in [1.82, 2.24) is 19.4 Å². The van der Waals surface area contributed by atoms with Crippen molar-refractivity contribution >= 4 is 6.09 Å². The Morgan fingerprint density at radius 1 is 1.50 bits per heavy atom. The predicted molar refractivity (Wildman–Crippen MR) is 56.6 cm³/mol. The second-order valence-corrected chi connectivity index (χ2v) is 3.36. The van der Waals surface area contributed by atoms with Gasteiger partial charge in [-0.3, -0.25) is 4.68 Å². The second-order valence-electron chi connectivity index (χ2n) is 3.36. The average molecular weight is 221 g/mol.